The third-order valence-electron chi connectivity index (χ3n) is 3.28. The van der Waals surface area contributed by atoms with E-state index in [0.717, 1.165) is 25.9 Å². The van der Waals surface area contributed by atoms with Crippen LogP contribution in [-0.2, 0) is 0 Å². The maximum absolute atomic E-state index is 13.7. The van der Waals surface area contributed by atoms with Crippen molar-refractivity contribution in [1.82, 2.24) is 10.1 Å². The third kappa shape index (κ3) is 2.38. The quantitative estimate of drug-likeness (QED) is 0.842. The largest absolute Gasteiger partial charge is 0.399 e. The zero-order chi connectivity index (χ0) is 13.2. The minimum atomic E-state index is -0.414. The van der Waals surface area contributed by atoms with Gasteiger partial charge in [-0.3, -0.25) is 0 Å². The number of nitrogens with two attached hydrogens (primary N) is 1. The number of nitrogens with zero attached hydrogens (tertiary/aromatic N) is 3. The first kappa shape index (κ1) is 12.0. The fourth-order valence-corrected chi connectivity index (χ4v) is 2.25. The van der Waals surface area contributed by atoms with Crippen molar-refractivity contribution in [2.24, 2.45) is 0 Å². The Bertz CT molecular complexity index is 578. The van der Waals surface area contributed by atoms with E-state index >= 15 is 0 Å². The van der Waals surface area contributed by atoms with Gasteiger partial charge in [0.15, 0.2) is 0 Å². The van der Waals surface area contributed by atoms with E-state index in [9.17, 15) is 4.39 Å². The number of halogens is 1. The van der Waals surface area contributed by atoms with Crippen LogP contribution in [0.3, 0.4) is 0 Å². The molecule has 2 N–H and O–H groups in total. The van der Waals surface area contributed by atoms with Crippen molar-refractivity contribution in [2.75, 3.05) is 23.7 Å². The molecule has 0 atom stereocenters. The molecule has 1 saturated heterocycles. The Hall–Kier alpha value is -2.11. The zero-order valence-electron chi connectivity index (χ0n) is 10.5. The van der Waals surface area contributed by atoms with Crippen LogP contribution in [0.2, 0.25) is 0 Å². The number of anilines is 2. The summed E-state index contributed by atoms with van der Waals surface area (Å²) in [7, 11) is 0. The van der Waals surface area contributed by atoms with E-state index in [1.165, 1.54) is 24.6 Å². The molecule has 1 aromatic heterocycles. The number of rotatable bonds is 2. The smallest absolute Gasteiger partial charge is 0.266 e. The highest BCUT2D eigenvalue weighted by Crippen LogP contribution is 2.26. The minimum absolute atomic E-state index is 0.172. The van der Waals surface area contributed by atoms with Crippen LogP contribution in [0.5, 0.6) is 0 Å². The Morgan fingerprint density at radius 1 is 1.21 bits per heavy atom. The summed E-state index contributed by atoms with van der Waals surface area (Å²) in [4.78, 5) is 6.31. The third-order valence-corrected chi connectivity index (χ3v) is 3.28. The van der Waals surface area contributed by atoms with Gasteiger partial charge in [0.05, 0.1) is 5.56 Å². The van der Waals surface area contributed by atoms with Gasteiger partial charge in [0.1, 0.15) is 5.82 Å². The first-order valence-corrected chi connectivity index (χ1v) is 6.38. The Morgan fingerprint density at radius 3 is 2.79 bits per heavy atom. The molecule has 2 heterocycles. The van der Waals surface area contributed by atoms with Gasteiger partial charge in [0, 0.05) is 18.8 Å². The second-order valence-corrected chi connectivity index (χ2v) is 4.69. The zero-order valence-corrected chi connectivity index (χ0v) is 10.5. The molecule has 0 amide bonds. The highest BCUT2D eigenvalue weighted by atomic mass is 19.1. The van der Waals surface area contributed by atoms with Crippen molar-refractivity contribution >= 4 is 11.6 Å². The molecular formula is C13H15FN4O. The molecule has 19 heavy (non-hydrogen) atoms. The van der Waals surface area contributed by atoms with Crippen molar-refractivity contribution in [3.63, 3.8) is 0 Å². The summed E-state index contributed by atoms with van der Waals surface area (Å²) in [5.41, 5.74) is 6.36. The lowest BCUT2D eigenvalue weighted by Crippen LogP contribution is -2.30. The molecule has 2 aromatic rings. The molecule has 0 spiro atoms. The predicted octanol–water partition coefficient (Wildman–Crippen LogP) is 2.45. The molecule has 6 heteroatoms. The van der Waals surface area contributed by atoms with E-state index < -0.39 is 5.82 Å². The molecule has 1 aliphatic rings. The fraction of sp³-hybridized carbons (Fsp3) is 0.385. The van der Waals surface area contributed by atoms with Crippen LogP contribution in [0.25, 0.3) is 11.5 Å². The predicted molar refractivity (Wildman–Crippen MR) is 70.2 cm³/mol. The van der Waals surface area contributed by atoms with Crippen LogP contribution in [0.15, 0.2) is 22.7 Å². The topological polar surface area (TPSA) is 68.2 Å². The number of benzene rings is 1. The van der Waals surface area contributed by atoms with Crippen LogP contribution in [0.1, 0.15) is 19.3 Å². The standard InChI is InChI=1S/C13H15FN4O/c14-11-5-4-9(15)8-10(11)12-16-13(17-19-12)18-6-2-1-3-7-18/h4-5,8H,1-3,6-7,15H2. The summed E-state index contributed by atoms with van der Waals surface area (Å²) in [6.07, 6.45) is 3.47. The van der Waals surface area contributed by atoms with Gasteiger partial charge in [-0.2, -0.15) is 4.98 Å². The Kier molecular flexibility index (Phi) is 3.06. The summed E-state index contributed by atoms with van der Waals surface area (Å²) in [5.74, 6) is 0.282. The van der Waals surface area contributed by atoms with E-state index in [2.05, 4.69) is 15.0 Å². The number of piperidine rings is 1. The summed E-state index contributed by atoms with van der Waals surface area (Å²) in [6.45, 7) is 1.83. The van der Waals surface area contributed by atoms with Crippen molar-refractivity contribution in [3.8, 4) is 11.5 Å². The van der Waals surface area contributed by atoms with Crippen LogP contribution in [-0.4, -0.2) is 23.2 Å². The molecule has 1 aliphatic heterocycles. The Labute approximate surface area is 110 Å². The average Bonchev–Trinajstić information content (AvgIpc) is 2.92. The van der Waals surface area contributed by atoms with Gasteiger partial charge in [-0.1, -0.05) is 0 Å². The summed E-state index contributed by atoms with van der Waals surface area (Å²) >= 11 is 0. The first-order chi connectivity index (χ1) is 9.24. The van der Waals surface area contributed by atoms with Crippen molar-refractivity contribution in [3.05, 3.63) is 24.0 Å². The molecule has 0 bridgehead atoms. The van der Waals surface area contributed by atoms with Gasteiger partial charge in [0.2, 0.25) is 0 Å². The second-order valence-electron chi connectivity index (χ2n) is 4.69. The van der Waals surface area contributed by atoms with Crippen molar-refractivity contribution in [1.29, 1.82) is 0 Å². The Balaban J connectivity index is 1.89. The Morgan fingerprint density at radius 2 is 2.00 bits per heavy atom. The van der Waals surface area contributed by atoms with Gasteiger partial charge in [-0.15, -0.1) is 0 Å². The van der Waals surface area contributed by atoms with E-state index in [0.29, 0.717) is 11.6 Å². The summed E-state index contributed by atoms with van der Waals surface area (Å²) in [6, 6.07) is 4.30. The average molecular weight is 262 g/mol. The highest BCUT2D eigenvalue weighted by Gasteiger charge is 2.19. The molecule has 100 valence electrons. The molecule has 0 unspecified atom stereocenters. The summed E-state index contributed by atoms with van der Waals surface area (Å²) in [5, 5.41) is 3.92. The molecule has 0 saturated carbocycles. The van der Waals surface area contributed by atoms with Gasteiger partial charge in [-0.25, -0.2) is 4.39 Å². The normalized spacial score (nSPS) is 15.7. The van der Waals surface area contributed by atoms with E-state index in [1.807, 2.05) is 0 Å². The van der Waals surface area contributed by atoms with Crippen LogP contribution in [0, 0.1) is 5.82 Å². The number of nitrogen functional groups attached to an aromatic ring is 1. The number of aromatic nitrogens is 2. The van der Waals surface area contributed by atoms with E-state index in [1.54, 1.807) is 0 Å². The SMILES string of the molecule is Nc1ccc(F)c(-c2nc(N3CCCCC3)no2)c1. The molecular weight excluding hydrogens is 247 g/mol. The number of hydrogen-bond donors (Lipinski definition) is 1. The highest BCUT2D eigenvalue weighted by molar-refractivity contribution is 5.61. The second kappa shape index (κ2) is 4.87. The maximum atomic E-state index is 13.7. The molecule has 1 aromatic carbocycles. The van der Waals surface area contributed by atoms with Crippen molar-refractivity contribution in [2.45, 2.75) is 19.3 Å². The van der Waals surface area contributed by atoms with Gasteiger partial charge in [-0.05, 0) is 42.6 Å². The van der Waals surface area contributed by atoms with Crippen LogP contribution >= 0.6 is 0 Å². The maximum Gasteiger partial charge on any atom is 0.266 e. The minimum Gasteiger partial charge on any atom is -0.399 e. The van der Waals surface area contributed by atoms with Crippen LogP contribution in [0.4, 0.5) is 16.0 Å². The fourth-order valence-electron chi connectivity index (χ4n) is 2.25. The first-order valence-electron chi connectivity index (χ1n) is 6.38. The number of hydrogen-bond acceptors (Lipinski definition) is 5. The van der Waals surface area contributed by atoms with Gasteiger partial charge >= 0.3 is 0 Å². The van der Waals surface area contributed by atoms with E-state index in [4.69, 9.17) is 10.3 Å². The van der Waals surface area contributed by atoms with Gasteiger partial charge in [0.25, 0.3) is 11.8 Å². The molecule has 1 fully saturated rings. The molecule has 0 radical (unpaired) electrons. The monoisotopic (exact) mass is 262 g/mol. The lowest BCUT2D eigenvalue weighted by atomic mass is 10.1. The van der Waals surface area contributed by atoms with Crippen LogP contribution < -0.4 is 10.6 Å². The molecule has 5 nitrogen and oxygen atoms in total. The lowest BCUT2D eigenvalue weighted by Gasteiger charge is -2.24. The van der Waals surface area contributed by atoms with Gasteiger partial charge < -0.3 is 15.2 Å². The van der Waals surface area contributed by atoms with Crippen molar-refractivity contribution < 1.29 is 8.91 Å². The van der Waals surface area contributed by atoms with E-state index in [-0.39, 0.29) is 11.5 Å². The lowest BCUT2D eigenvalue weighted by molar-refractivity contribution is 0.424. The summed E-state index contributed by atoms with van der Waals surface area (Å²) < 4.78 is 18.9. The molecule has 3 rings (SSSR count). The molecule has 0 aliphatic carbocycles.